The Balaban J connectivity index is 1.99. The third-order valence-corrected chi connectivity index (χ3v) is 3.63. The topological polar surface area (TPSA) is 63.2 Å². The zero-order chi connectivity index (χ0) is 15.1. The van der Waals surface area contributed by atoms with E-state index >= 15 is 0 Å². The molecule has 2 rings (SSSR count). The maximum atomic E-state index is 11.9. The Hall–Kier alpha value is -1.99. The van der Waals surface area contributed by atoms with Crippen LogP contribution in [0, 0.1) is 0 Å². The van der Waals surface area contributed by atoms with Gasteiger partial charge in [-0.2, -0.15) is 0 Å². The van der Waals surface area contributed by atoms with Crippen molar-refractivity contribution >= 4 is 39.8 Å². The van der Waals surface area contributed by atoms with Gasteiger partial charge in [-0.25, -0.2) is 9.78 Å². The summed E-state index contributed by atoms with van der Waals surface area (Å²) in [7, 11) is 1.36. The van der Waals surface area contributed by atoms with Crippen LogP contribution in [-0.4, -0.2) is 29.2 Å². The number of thiocarbonyl (C=S) groups is 1. The van der Waals surface area contributed by atoms with Gasteiger partial charge in [-0.15, -0.1) is 11.3 Å². The van der Waals surface area contributed by atoms with E-state index in [1.54, 1.807) is 6.20 Å². The summed E-state index contributed by atoms with van der Waals surface area (Å²) in [6, 6.07) is 9.14. The molecule has 7 heteroatoms. The number of ether oxygens (including phenoxy) is 1. The van der Waals surface area contributed by atoms with Crippen molar-refractivity contribution in [3.05, 3.63) is 47.5 Å². The molecule has 0 aliphatic rings. The average molecular weight is 321 g/mol. The fourth-order valence-corrected chi connectivity index (χ4v) is 2.60. The van der Waals surface area contributed by atoms with E-state index in [0.717, 1.165) is 5.56 Å². The Morgan fingerprint density at radius 1 is 1.43 bits per heavy atom. The number of thiazole rings is 1. The molecule has 0 amide bonds. The molecule has 0 bridgehead atoms. The minimum absolute atomic E-state index is 0.344. The number of aromatic nitrogens is 1. The van der Waals surface area contributed by atoms with E-state index in [1.807, 2.05) is 35.7 Å². The molecule has 0 aliphatic heterocycles. The molecule has 1 heterocycles. The van der Waals surface area contributed by atoms with Gasteiger partial charge in [0, 0.05) is 18.0 Å². The number of methoxy groups -OCH3 is 1. The highest BCUT2D eigenvalue weighted by atomic mass is 32.1. The molecule has 0 saturated heterocycles. The van der Waals surface area contributed by atoms with Crippen LogP contribution in [0.1, 0.15) is 5.56 Å². The average Bonchev–Trinajstić information content (AvgIpc) is 2.99. The highest BCUT2D eigenvalue weighted by Gasteiger charge is 2.20. The molecule has 2 aromatic rings. The van der Waals surface area contributed by atoms with Gasteiger partial charge < -0.3 is 15.4 Å². The van der Waals surface area contributed by atoms with Crippen LogP contribution < -0.4 is 10.6 Å². The number of esters is 1. The first-order valence-corrected chi connectivity index (χ1v) is 7.56. The van der Waals surface area contributed by atoms with Crippen molar-refractivity contribution in [1.29, 1.82) is 0 Å². The Labute approximate surface area is 132 Å². The van der Waals surface area contributed by atoms with Crippen LogP contribution in [0.4, 0.5) is 5.13 Å². The SMILES string of the molecule is COC(=O)[C@H](Cc1ccccc1)NC(=S)Nc1nccs1. The van der Waals surface area contributed by atoms with Gasteiger partial charge in [0.25, 0.3) is 0 Å². The van der Waals surface area contributed by atoms with Gasteiger partial charge in [0.05, 0.1) is 7.11 Å². The quantitative estimate of drug-likeness (QED) is 0.650. The first kappa shape index (κ1) is 15.4. The molecule has 110 valence electrons. The van der Waals surface area contributed by atoms with Crippen molar-refractivity contribution < 1.29 is 9.53 Å². The van der Waals surface area contributed by atoms with Gasteiger partial charge >= 0.3 is 5.97 Å². The molecule has 0 fully saturated rings. The second kappa shape index (κ2) is 7.70. The van der Waals surface area contributed by atoms with E-state index in [0.29, 0.717) is 16.7 Å². The van der Waals surface area contributed by atoms with E-state index in [-0.39, 0.29) is 5.97 Å². The number of nitrogens with zero attached hydrogens (tertiary/aromatic N) is 1. The number of hydrogen-bond donors (Lipinski definition) is 2. The molecular formula is C14H15N3O2S2. The second-order valence-electron chi connectivity index (χ2n) is 4.20. The number of rotatable bonds is 5. The third kappa shape index (κ3) is 4.80. The van der Waals surface area contributed by atoms with Crippen molar-refractivity contribution in [3.8, 4) is 0 Å². The summed E-state index contributed by atoms with van der Waals surface area (Å²) < 4.78 is 4.82. The summed E-state index contributed by atoms with van der Waals surface area (Å²) in [5.74, 6) is -0.359. The lowest BCUT2D eigenvalue weighted by Gasteiger charge is -2.18. The highest BCUT2D eigenvalue weighted by Crippen LogP contribution is 2.10. The van der Waals surface area contributed by atoms with Crippen LogP contribution in [-0.2, 0) is 16.0 Å². The van der Waals surface area contributed by atoms with Crippen molar-refractivity contribution in [2.24, 2.45) is 0 Å². The number of nitrogens with one attached hydrogen (secondary N) is 2. The predicted octanol–water partition coefficient (Wildman–Crippen LogP) is 2.21. The van der Waals surface area contributed by atoms with Gasteiger partial charge in [-0.3, -0.25) is 0 Å². The summed E-state index contributed by atoms with van der Waals surface area (Å²) in [5.41, 5.74) is 1.03. The zero-order valence-corrected chi connectivity index (χ0v) is 13.0. The number of anilines is 1. The molecule has 1 atom stereocenters. The summed E-state index contributed by atoms with van der Waals surface area (Å²) in [4.78, 5) is 15.9. The van der Waals surface area contributed by atoms with Crippen LogP contribution in [0.2, 0.25) is 0 Å². The molecule has 0 unspecified atom stereocenters. The fraction of sp³-hybridized carbons (Fsp3) is 0.214. The third-order valence-electron chi connectivity index (χ3n) is 2.73. The maximum Gasteiger partial charge on any atom is 0.328 e. The minimum Gasteiger partial charge on any atom is -0.467 e. The van der Waals surface area contributed by atoms with Crippen molar-refractivity contribution in [1.82, 2.24) is 10.3 Å². The molecule has 0 aliphatic carbocycles. The molecular weight excluding hydrogens is 306 g/mol. The molecule has 5 nitrogen and oxygen atoms in total. The first-order chi connectivity index (χ1) is 10.2. The first-order valence-electron chi connectivity index (χ1n) is 6.28. The van der Waals surface area contributed by atoms with Gasteiger partial charge in [0.1, 0.15) is 6.04 Å². The van der Waals surface area contributed by atoms with Crippen molar-refractivity contribution in [2.75, 3.05) is 12.4 Å². The Kier molecular flexibility index (Phi) is 5.65. The zero-order valence-electron chi connectivity index (χ0n) is 11.4. The molecule has 1 aromatic heterocycles. The van der Waals surface area contributed by atoms with Crippen LogP contribution in [0.25, 0.3) is 0 Å². The summed E-state index contributed by atoms with van der Waals surface area (Å²) in [5, 5.41) is 8.76. The summed E-state index contributed by atoms with van der Waals surface area (Å²) in [6.45, 7) is 0. The molecule has 0 saturated carbocycles. The highest BCUT2D eigenvalue weighted by molar-refractivity contribution is 7.80. The van der Waals surface area contributed by atoms with Gasteiger partial charge in [0.15, 0.2) is 10.2 Å². The number of benzene rings is 1. The monoisotopic (exact) mass is 321 g/mol. The Morgan fingerprint density at radius 3 is 2.81 bits per heavy atom. The lowest BCUT2D eigenvalue weighted by atomic mass is 10.1. The second-order valence-corrected chi connectivity index (χ2v) is 5.50. The van der Waals surface area contributed by atoms with Gasteiger partial charge in [-0.05, 0) is 17.8 Å². The van der Waals surface area contributed by atoms with E-state index in [2.05, 4.69) is 15.6 Å². The normalized spacial score (nSPS) is 11.5. The molecule has 0 radical (unpaired) electrons. The number of carbonyl (C=O) groups excluding carboxylic acids is 1. The smallest absolute Gasteiger partial charge is 0.328 e. The Morgan fingerprint density at radius 2 is 2.19 bits per heavy atom. The number of carbonyl (C=O) groups is 1. The van der Waals surface area contributed by atoms with E-state index in [1.165, 1.54) is 18.4 Å². The lowest BCUT2D eigenvalue weighted by Crippen LogP contribution is -2.44. The van der Waals surface area contributed by atoms with Crippen LogP contribution in [0.15, 0.2) is 41.9 Å². The predicted molar refractivity (Wildman–Crippen MR) is 87.4 cm³/mol. The maximum absolute atomic E-state index is 11.9. The largest absolute Gasteiger partial charge is 0.467 e. The fourth-order valence-electron chi connectivity index (χ4n) is 1.76. The molecule has 0 spiro atoms. The standard InChI is InChI=1S/C14H15N3O2S2/c1-19-12(18)11(9-10-5-3-2-4-6-10)16-13(20)17-14-15-7-8-21-14/h2-8,11H,9H2,1H3,(H2,15,16,17,20)/t11-/m0/s1. The van der Waals surface area contributed by atoms with Crippen LogP contribution in [0.3, 0.4) is 0 Å². The van der Waals surface area contributed by atoms with E-state index in [4.69, 9.17) is 17.0 Å². The van der Waals surface area contributed by atoms with Crippen LogP contribution >= 0.6 is 23.6 Å². The van der Waals surface area contributed by atoms with Gasteiger partial charge in [0.2, 0.25) is 0 Å². The lowest BCUT2D eigenvalue weighted by molar-refractivity contribution is -0.142. The molecule has 1 aromatic carbocycles. The van der Waals surface area contributed by atoms with Crippen molar-refractivity contribution in [2.45, 2.75) is 12.5 Å². The van der Waals surface area contributed by atoms with Gasteiger partial charge in [-0.1, -0.05) is 30.3 Å². The summed E-state index contributed by atoms with van der Waals surface area (Å²) in [6.07, 6.45) is 2.17. The van der Waals surface area contributed by atoms with Crippen LogP contribution in [0.5, 0.6) is 0 Å². The molecule has 21 heavy (non-hydrogen) atoms. The van der Waals surface area contributed by atoms with E-state index in [9.17, 15) is 4.79 Å². The van der Waals surface area contributed by atoms with Crippen molar-refractivity contribution in [3.63, 3.8) is 0 Å². The van der Waals surface area contributed by atoms with E-state index < -0.39 is 6.04 Å². The summed E-state index contributed by atoms with van der Waals surface area (Å²) >= 11 is 6.63. The minimum atomic E-state index is -0.544. The molecule has 2 N–H and O–H groups in total. The Bertz CT molecular complexity index is 588. The number of hydrogen-bond acceptors (Lipinski definition) is 5.